The molecule has 0 spiro atoms. The second kappa shape index (κ2) is 4.83. The van der Waals surface area contributed by atoms with Gasteiger partial charge in [0.05, 0.1) is 22.5 Å². The molecular formula is C12H10Cl2N4O. The van der Waals surface area contributed by atoms with E-state index in [1.807, 2.05) is 23.6 Å². The van der Waals surface area contributed by atoms with E-state index >= 15 is 0 Å². The average Bonchev–Trinajstić information content (AvgIpc) is 2.99. The number of imidazole rings is 1. The van der Waals surface area contributed by atoms with Crippen LogP contribution in [0.5, 0.6) is 0 Å². The maximum atomic E-state index is 6.18. The van der Waals surface area contributed by atoms with Crippen LogP contribution in [0.1, 0.15) is 23.9 Å². The van der Waals surface area contributed by atoms with Gasteiger partial charge in [0, 0.05) is 0 Å². The van der Waals surface area contributed by atoms with E-state index in [0.29, 0.717) is 17.4 Å². The predicted octanol–water partition coefficient (Wildman–Crippen LogP) is 3.42. The highest BCUT2D eigenvalue weighted by atomic mass is 35.5. The van der Waals surface area contributed by atoms with Crippen LogP contribution in [0, 0.1) is 0 Å². The molecule has 98 valence electrons. The number of benzene rings is 1. The fraction of sp³-hybridized carbons (Fsp3) is 0.250. The van der Waals surface area contributed by atoms with Crippen molar-refractivity contribution < 1.29 is 4.52 Å². The van der Waals surface area contributed by atoms with E-state index in [2.05, 4.69) is 15.1 Å². The van der Waals surface area contributed by atoms with Crippen molar-refractivity contribution in [2.75, 3.05) is 0 Å². The van der Waals surface area contributed by atoms with Gasteiger partial charge in [-0.15, -0.1) is 11.6 Å². The van der Waals surface area contributed by atoms with E-state index in [-0.39, 0.29) is 5.38 Å². The molecule has 5 nitrogen and oxygen atoms in total. The molecule has 19 heavy (non-hydrogen) atoms. The molecule has 3 aromatic rings. The first-order chi connectivity index (χ1) is 9.16. The number of halogens is 2. The lowest BCUT2D eigenvalue weighted by Gasteiger charge is -2.07. The molecule has 3 rings (SSSR count). The lowest BCUT2D eigenvalue weighted by molar-refractivity contribution is 0.408. The fourth-order valence-corrected chi connectivity index (χ4v) is 2.38. The number of rotatable bonds is 3. The molecule has 0 amide bonds. The van der Waals surface area contributed by atoms with Gasteiger partial charge in [0.2, 0.25) is 6.39 Å². The Labute approximate surface area is 119 Å². The second-order valence-electron chi connectivity index (χ2n) is 4.13. The zero-order valence-electron chi connectivity index (χ0n) is 10.0. The van der Waals surface area contributed by atoms with Gasteiger partial charge in [-0.1, -0.05) is 22.8 Å². The Balaban J connectivity index is 2.19. The molecule has 1 aromatic carbocycles. The summed E-state index contributed by atoms with van der Waals surface area (Å²) in [5.74, 6) is 1.30. The van der Waals surface area contributed by atoms with Gasteiger partial charge in [0.1, 0.15) is 11.3 Å². The van der Waals surface area contributed by atoms with E-state index < -0.39 is 0 Å². The number of aromatic nitrogens is 4. The van der Waals surface area contributed by atoms with Crippen molar-refractivity contribution in [1.29, 1.82) is 0 Å². The monoisotopic (exact) mass is 296 g/mol. The minimum atomic E-state index is -0.240. The molecule has 0 aliphatic carbocycles. The van der Waals surface area contributed by atoms with Crippen LogP contribution >= 0.6 is 23.2 Å². The number of alkyl halides is 1. The van der Waals surface area contributed by atoms with Gasteiger partial charge in [-0.25, -0.2) is 4.98 Å². The van der Waals surface area contributed by atoms with Crippen LogP contribution < -0.4 is 0 Å². The fourth-order valence-electron chi connectivity index (χ4n) is 2.00. The van der Waals surface area contributed by atoms with Gasteiger partial charge < -0.3 is 9.09 Å². The van der Waals surface area contributed by atoms with Crippen molar-refractivity contribution >= 4 is 34.2 Å². The minimum absolute atomic E-state index is 0.240. The highest BCUT2D eigenvalue weighted by molar-refractivity contribution is 6.35. The van der Waals surface area contributed by atoms with Crippen LogP contribution in [0.2, 0.25) is 5.02 Å². The molecule has 0 saturated heterocycles. The molecule has 0 N–H and O–H groups in total. The van der Waals surface area contributed by atoms with Crippen LogP contribution in [-0.4, -0.2) is 19.7 Å². The van der Waals surface area contributed by atoms with Gasteiger partial charge in [0.15, 0.2) is 5.82 Å². The highest BCUT2D eigenvalue weighted by Gasteiger charge is 2.17. The second-order valence-corrected chi connectivity index (χ2v) is 5.19. The summed E-state index contributed by atoms with van der Waals surface area (Å²) in [5, 5.41) is 4.17. The lowest BCUT2D eigenvalue weighted by Crippen LogP contribution is -2.06. The van der Waals surface area contributed by atoms with Gasteiger partial charge in [0.25, 0.3) is 0 Å². The van der Waals surface area contributed by atoms with Crippen LogP contribution in [0.25, 0.3) is 11.0 Å². The van der Waals surface area contributed by atoms with Gasteiger partial charge >= 0.3 is 0 Å². The maximum absolute atomic E-state index is 6.18. The lowest BCUT2D eigenvalue weighted by atomic mass is 10.3. The number of fused-ring (bicyclic) bond motifs is 1. The van der Waals surface area contributed by atoms with Crippen molar-refractivity contribution in [3.63, 3.8) is 0 Å². The van der Waals surface area contributed by atoms with E-state index in [0.717, 1.165) is 16.9 Å². The predicted molar refractivity (Wildman–Crippen MR) is 72.4 cm³/mol. The molecule has 0 saturated carbocycles. The summed E-state index contributed by atoms with van der Waals surface area (Å²) < 4.78 is 6.69. The molecule has 0 fully saturated rings. The third-order valence-corrected chi connectivity index (χ3v) is 3.32. The Morgan fingerprint density at radius 1 is 1.42 bits per heavy atom. The third kappa shape index (κ3) is 2.19. The summed E-state index contributed by atoms with van der Waals surface area (Å²) in [5.41, 5.74) is 1.63. The van der Waals surface area contributed by atoms with Gasteiger partial charge in [-0.05, 0) is 19.1 Å². The molecule has 1 unspecified atom stereocenters. The zero-order valence-corrected chi connectivity index (χ0v) is 11.6. The summed E-state index contributed by atoms with van der Waals surface area (Å²) >= 11 is 12.3. The largest absolute Gasteiger partial charge is 0.343 e. The van der Waals surface area contributed by atoms with Gasteiger partial charge in [-0.2, -0.15) is 4.98 Å². The Bertz CT molecular complexity index is 706. The van der Waals surface area contributed by atoms with Crippen molar-refractivity contribution in [2.24, 2.45) is 0 Å². The average molecular weight is 297 g/mol. The van der Waals surface area contributed by atoms with Crippen LogP contribution in [0.15, 0.2) is 29.1 Å². The summed E-state index contributed by atoms with van der Waals surface area (Å²) in [7, 11) is 0. The highest BCUT2D eigenvalue weighted by Crippen LogP contribution is 2.29. The molecule has 2 aromatic heterocycles. The molecule has 1 atom stereocenters. The van der Waals surface area contributed by atoms with E-state index in [9.17, 15) is 0 Å². The number of hydrogen-bond donors (Lipinski definition) is 0. The van der Waals surface area contributed by atoms with Crippen LogP contribution in [-0.2, 0) is 6.54 Å². The topological polar surface area (TPSA) is 56.7 Å². The van der Waals surface area contributed by atoms with Crippen molar-refractivity contribution in [1.82, 2.24) is 19.7 Å². The molecule has 7 heteroatoms. The van der Waals surface area contributed by atoms with Gasteiger partial charge in [-0.3, -0.25) is 0 Å². The third-order valence-electron chi connectivity index (χ3n) is 2.82. The summed E-state index contributed by atoms with van der Waals surface area (Å²) in [6.45, 7) is 2.31. The normalized spacial score (nSPS) is 13.0. The molecule has 0 aliphatic rings. The van der Waals surface area contributed by atoms with Crippen molar-refractivity contribution in [3.8, 4) is 0 Å². The standard InChI is InChI=1S/C12H10Cl2N4O/c1-7(13)12-16-11-8(14)3-2-4-9(11)18(12)5-10-15-6-19-17-10/h2-4,6-7H,5H2,1H3. The quantitative estimate of drug-likeness (QED) is 0.695. The van der Waals surface area contributed by atoms with E-state index in [4.69, 9.17) is 27.7 Å². The minimum Gasteiger partial charge on any atom is -0.343 e. The van der Waals surface area contributed by atoms with Crippen LogP contribution in [0.3, 0.4) is 0 Å². The molecule has 0 radical (unpaired) electrons. The maximum Gasteiger partial charge on any atom is 0.213 e. The Morgan fingerprint density at radius 3 is 2.95 bits per heavy atom. The molecular weight excluding hydrogens is 287 g/mol. The van der Waals surface area contributed by atoms with E-state index in [1.165, 1.54) is 6.39 Å². The first-order valence-electron chi connectivity index (χ1n) is 5.71. The van der Waals surface area contributed by atoms with Crippen molar-refractivity contribution in [3.05, 3.63) is 41.3 Å². The zero-order chi connectivity index (χ0) is 13.4. The Kier molecular flexibility index (Phi) is 3.16. The summed E-state index contributed by atoms with van der Waals surface area (Å²) in [4.78, 5) is 8.52. The number of nitrogens with zero attached hydrogens (tertiary/aromatic N) is 4. The number of para-hydroxylation sites is 1. The first kappa shape index (κ1) is 12.4. The Hall–Kier alpha value is -1.59. The summed E-state index contributed by atoms with van der Waals surface area (Å²) in [6, 6.07) is 5.62. The van der Waals surface area contributed by atoms with Crippen molar-refractivity contribution in [2.45, 2.75) is 18.8 Å². The van der Waals surface area contributed by atoms with Crippen LogP contribution in [0.4, 0.5) is 0 Å². The first-order valence-corrected chi connectivity index (χ1v) is 6.52. The number of hydrogen-bond acceptors (Lipinski definition) is 4. The molecule has 0 bridgehead atoms. The molecule has 2 heterocycles. The SMILES string of the molecule is CC(Cl)c1nc2c(Cl)cccc2n1Cc1ncon1. The smallest absolute Gasteiger partial charge is 0.213 e. The summed E-state index contributed by atoms with van der Waals surface area (Å²) in [6.07, 6.45) is 1.30. The Morgan fingerprint density at radius 2 is 2.26 bits per heavy atom. The van der Waals surface area contributed by atoms with E-state index in [1.54, 1.807) is 6.07 Å². The molecule has 0 aliphatic heterocycles.